The van der Waals surface area contributed by atoms with Crippen LogP contribution in [0.5, 0.6) is 0 Å². The molecule has 9 nitrogen and oxygen atoms in total. The van der Waals surface area contributed by atoms with E-state index in [2.05, 4.69) is 10.6 Å². The summed E-state index contributed by atoms with van der Waals surface area (Å²) >= 11 is 0. The number of amides is 4. The van der Waals surface area contributed by atoms with E-state index in [0.717, 1.165) is 19.1 Å². The van der Waals surface area contributed by atoms with Crippen molar-refractivity contribution in [1.82, 2.24) is 10.2 Å². The van der Waals surface area contributed by atoms with Crippen molar-refractivity contribution in [2.24, 2.45) is 11.7 Å². The summed E-state index contributed by atoms with van der Waals surface area (Å²) in [5, 5.41) is 4.77. The fraction of sp³-hybridized carbons (Fsp3) is 0.429. The molecule has 0 aromatic heterocycles. The Kier molecular flexibility index (Phi) is 8.12. The maximum absolute atomic E-state index is 13.9. The number of ether oxygens (including phenoxy) is 1. The van der Waals surface area contributed by atoms with Gasteiger partial charge >= 0.3 is 12.3 Å². The van der Waals surface area contributed by atoms with Crippen molar-refractivity contribution in [1.29, 1.82) is 0 Å². The van der Waals surface area contributed by atoms with Crippen LogP contribution in [-0.2, 0) is 44.1 Å². The van der Waals surface area contributed by atoms with Crippen molar-refractivity contribution in [3.8, 4) is 0 Å². The molecule has 13 heteroatoms. The van der Waals surface area contributed by atoms with Gasteiger partial charge in [0.25, 0.3) is 5.91 Å². The molecule has 0 saturated carbocycles. The quantitative estimate of drug-likeness (QED) is 0.410. The number of alkyl carbamates (subject to hydrolysis) is 1. The van der Waals surface area contributed by atoms with Crippen molar-refractivity contribution < 1.29 is 41.5 Å². The van der Waals surface area contributed by atoms with Crippen LogP contribution in [0.2, 0.25) is 0 Å². The van der Waals surface area contributed by atoms with Gasteiger partial charge in [-0.25, -0.2) is 9.18 Å². The second-order valence-electron chi connectivity index (χ2n) is 10.6. The Bertz CT molecular complexity index is 1380. The first kappa shape index (κ1) is 30.0. The monoisotopic (exact) mass is 578 g/mol. The first-order chi connectivity index (χ1) is 19.1. The maximum atomic E-state index is 13.9. The Morgan fingerprint density at radius 2 is 1.78 bits per heavy atom. The van der Waals surface area contributed by atoms with Gasteiger partial charge in [0, 0.05) is 24.2 Å². The van der Waals surface area contributed by atoms with Gasteiger partial charge in [0.1, 0.15) is 11.9 Å². The summed E-state index contributed by atoms with van der Waals surface area (Å²) in [5.74, 6) is -3.01. The summed E-state index contributed by atoms with van der Waals surface area (Å²) in [6.07, 6.45) is -6.10. The van der Waals surface area contributed by atoms with Crippen LogP contribution in [0, 0.1) is 11.7 Å². The average molecular weight is 579 g/mol. The second kappa shape index (κ2) is 11.1. The maximum Gasteiger partial charge on any atom is 0.415 e. The number of alkyl halides is 3. The van der Waals surface area contributed by atoms with Crippen LogP contribution in [0.25, 0.3) is 0 Å². The third kappa shape index (κ3) is 5.90. The van der Waals surface area contributed by atoms with E-state index < -0.39 is 66.5 Å². The lowest BCUT2D eigenvalue weighted by Crippen LogP contribution is -2.47. The molecule has 1 saturated heterocycles. The van der Waals surface area contributed by atoms with Gasteiger partial charge in [-0.2, -0.15) is 13.2 Å². The van der Waals surface area contributed by atoms with Crippen molar-refractivity contribution in [3.05, 3.63) is 64.5 Å². The Hall–Kier alpha value is -4.00. The molecule has 3 atom stereocenters. The number of nitrogens with zero attached hydrogens (tertiary/aromatic N) is 1. The van der Waals surface area contributed by atoms with E-state index >= 15 is 0 Å². The molecule has 2 aliphatic rings. The number of carbonyl (C=O) groups is 4. The molecule has 4 rings (SSSR count). The molecule has 2 aromatic carbocycles. The number of nitrogens with two attached hydrogens (primary N) is 1. The Morgan fingerprint density at radius 3 is 2.34 bits per heavy atom. The van der Waals surface area contributed by atoms with E-state index in [-0.39, 0.29) is 41.1 Å². The molecule has 41 heavy (non-hydrogen) atoms. The lowest BCUT2D eigenvalue weighted by molar-refractivity contribution is -0.186. The molecular formula is C28H30F4N4O5. The molecule has 2 aromatic rings. The molecule has 1 heterocycles. The molecule has 1 aliphatic heterocycles. The topological polar surface area (TPSA) is 131 Å². The number of rotatable bonds is 8. The molecule has 0 bridgehead atoms. The van der Waals surface area contributed by atoms with Crippen molar-refractivity contribution in [2.45, 2.75) is 70.4 Å². The molecule has 1 fully saturated rings. The minimum Gasteiger partial charge on any atom is -0.427 e. The summed E-state index contributed by atoms with van der Waals surface area (Å²) in [5.41, 5.74) is 5.62. The number of carbonyl (C=O) groups excluding carboxylic acids is 4. The number of nitrogens with one attached hydrogen (secondary N) is 2. The zero-order valence-corrected chi connectivity index (χ0v) is 22.6. The highest BCUT2D eigenvalue weighted by atomic mass is 19.4. The first-order valence-corrected chi connectivity index (χ1v) is 13.0. The molecule has 2 unspecified atom stereocenters. The predicted octanol–water partition coefficient (Wildman–Crippen LogP) is 3.68. The zero-order valence-electron chi connectivity index (χ0n) is 22.6. The molecule has 4 amide bonds. The van der Waals surface area contributed by atoms with Crippen LogP contribution in [0.4, 0.5) is 28.0 Å². The number of hydrogen-bond donors (Lipinski definition) is 3. The summed E-state index contributed by atoms with van der Waals surface area (Å²) in [6, 6.07) is 4.52. The van der Waals surface area contributed by atoms with Gasteiger partial charge in [-0.1, -0.05) is 32.0 Å². The average Bonchev–Trinajstić information content (AvgIpc) is 3.41. The summed E-state index contributed by atoms with van der Waals surface area (Å²) in [6.45, 7) is 3.86. The minimum atomic E-state index is -4.77. The summed E-state index contributed by atoms with van der Waals surface area (Å²) < 4.78 is 60.3. The highest BCUT2D eigenvalue weighted by Crippen LogP contribution is 2.46. The Balaban J connectivity index is 1.76. The van der Waals surface area contributed by atoms with Crippen LogP contribution in [0.3, 0.4) is 0 Å². The number of halogens is 4. The third-order valence-electron chi connectivity index (χ3n) is 7.58. The fourth-order valence-corrected chi connectivity index (χ4v) is 5.05. The molecule has 4 N–H and O–H groups in total. The van der Waals surface area contributed by atoms with Crippen LogP contribution >= 0.6 is 0 Å². The van der Waals surface area contributed by atoms with Gasteiger partial charge in [0.15, 0.2) is 0 Å². The number of imide groups is 1. The van der Waals surface area contributed by atoms with Crippen LogP contribution in [0.15, 0.2) is 36.4 Å². The molecule has 1 aliphatic carbocycles. The molecular weight excluding hydrogens is 548 g/mol. The van der Waals surface area contributed by atoms with Crippen LogP contribution < -0.4 is 16.4 Å². The van der Waals surface area contributed by atoms with Crippen molar-refractivity contribution in [2.75, 3.05) is 5.32 Å². The van der Waals surface area contributed by atoms with E-state index in [1.165, 1.54) is 24.3 Å². The van der Waals surface area contributed by atoms with Crippen LogP contribution in [-0.4, -0.2) is 47.0 Å². The summed E-state index contributed by atoms with van der Waals surface area (Å²) in [7, 11) is 0. The van der Waals surface area contributed by atoms with Gasteiger partial charge in [0.2, 0.25) is 17.4 Å². The van der Waals surface area contributed by atoms with Crippen molar-refractivity contribution in [3.63, 3.8) is 0 Å². The smallest absolute Gasteiger partial charge is 0.415 e. The van der Waals surface area contributed by atoms with Gasteiger partial charge in [-0.3, -0.25) is 19.7 Å². The lowest BCUT2D eigenvalue weighted by atomic mass is 9.91. The van der Waals surface area contributed by atoms with Gasteiger partial charge in [-0.15, -0.1) is 0 Å². The predicted molar refractivity (Wildman–Crippen MR) is 139 cm³/mol. The number of benzene rings is 2. The number of fused-ring (bicyclic) bond motifs is 2. The van der Waals surface area contributed by atoms with E-state index in [1.807, 2.05) is 0 Å². The Labute approximate surface area is 233 Å². The zero-order chi connectivity index (χ0) is 30.3. The fourth-order valence-electron chi connectivity index (χ4n) is 5.05. The molecule has 1 spiro atoms. The largest absolute Gasteiger partial charge is 0.427 e. The SMILES string of the molecule is CC(C)C(N)C(=O)Nc1ccc2c(c1CC(=O)N(Cc1ccc(F)cc1)C(C)C(F)(F)F)CC[C@@]21OC(=O)NC1=O. The van der Waals surface area contributed by atoms with Gasteiger partial charge < -0.3 is 20.7 Å². The number of anilines is 1. The lowest BCUT2D eigenvalue weighted by Gasteiger charge is -2.31. The minimum absolute atomic E-state index is 0.0439. The highest BCUT2D eigenvalue weighted by Gasteiger charge is 2.55. The van der Waals surface area contributed by atoms with Gasteiger partial charge in [-0.05, 0) is 54.2 Å². The van der Waals surface area contributed by atoms with E-state index in [1.54, 1.807) is 13.8 Å². The summed E-state index contributed by atoms with van der Waals surface area (Å²) in [4.78, 5) is 51.7. The molecule has 0 radical (unpaired) electrons. The Morgan fingerprint density at radius 1 is 1.12 bits per heavy atom. The van der Waals surface area contributed by atoms with E-state index in [4.69, 9.17) is 10.5 Å². The normalized spacial score (nSPS) is 19.5. The van der Waals surface area contributed by atoms with Crippen molar-refractivity contribution >= 4 is 29.5 Å². The highest BCUT2D eigenvalue weighted by molar-refractivity contribution is 6.04. The first-order valence-electron chi connectivity index (χ1n) is 13.0. The standard InChI is InChI=1S/C28H30F4N4O5/c1-14(2)23(33)24(38)34-21-9-8-20-18(10-11-27(20)25(39)35-26(40)41-27)19(21)12-22(37)36(15(3)28(30,31)32)13-16-4-6-17(29)7-5-16/h4-9,14-15,23H,10-13,33H2,1-3H3,(H,34,38)(H,35,39,40)/t15?,23?,27-/m1/s1. The van der Waals surface area contributed by atoms with Gasteiger partial charge in [0.05, 0.1) is 12.5 Å². The second-order valence-corrected chi connectivity index (χ2v) is 10.6. The number of hydrogen-bond acceptors (Lipinski definition) is 6. The van der Waals surface area contributed by atoms with E-state index in [0.29, 0.717) is 10.5 Å². The van der Waals surface area contributed by atoms with Crippen LogP contribution in [0.1, 0.15) is 49.4 Å². The third-order valence-corrected chi connectivity index (χ3v) is 7.58. The molecule has 220 valence electrons. The van der Waals surface area contributed by atoms with E-state index in [9.17, 15) is 36.7 Å².